The summed E-state index contributed by atoms with van der Waals surface area (Å²) in [4.78, 5) is 60.9. The standard InChI is InChI=1S/C18H30N8O6S/c1-4-20-16-23-17(21-9(2)3)25-18(24-16)26(7-13(28)29)14(30)11(8-33)22-12(27)6-5-10(19)15(31)32/h9-11,33H,4-8,19H2,1-3H3,(H,22,27)(H,28,29)(H,31,32)(H2,20,21,23,24,25)/t10?,11-/m1/s1. The SMILES string of the molecule is CCNc1nc(NC(C)C)nc(N(CC(=O)O)C(=O)[C@@H](CS)NC(=O)CCC(N)C(=O)O)n1. The summed E-state index contributed by atoms with van der Waals surface area (Å²) in [7, 11) is 0. The van der Waals surface area contributed by atoms with E-state index in [0.29, 0.717) is 6.54 Å². The number of hydrogen-bond acceptors (Lipinski definition) is 11. The molecule has 0 aliphatic rings. The van der Waals surface area contributed by atoms with E-state index < -0.39 is 42.4 Å². The van der Waals surface area contributed by atoms with Crippen molar-refractivity contribution in [2.24, 2.45) is 5.73 Å². The van der Waals surface area contributed by atoms with Gasteiger partial charge >= 0.3 is 11.9 Å². The molecule has 2 amide bonds. The molecule has 0 spiro atoms. The maximum atomic E-state index is 13.1. The first kappa shape index (κ1) is 27.8. The number of carboxylic acid groups (broad SMARTS) is 2. The Morgan fingerprint density at radius 2 is 1.76 bits per heavy atom. The normalized spacial score (nSPS) is 12.5. The number of carbonyl (C=O) groups is 4. The highest BCUT2D eigenvalue weighted by Crippen LogP contribution is 2.16. The molecule has 1 heterocycles. The molecule has 7 N–H and O–H groups in total. The molecule has 0 saturated heterocycles. The first-order valence-corrected chi connectivity index (χ1v) is 10.8. The summed E-state index contributed by atoms with van der Waals surface area (Å²) in [6.45, 7) is 5.19. The van der Waals surface area contributed by atoms with Crippen LogP contribution in [0, 0.1) is 0 Å². The molecule has 184 valence electrons. The topological polar surface area (TPSA) is 213 Å². The van der Waals surface area contributed by atoms with Gasteiger partial charge < -0.3 is 31.9 Å². The first-order chi connectivity index (χ1) is 15.5. The van der Waals surface area contributed by atoms with Crippen LogP contribution in [0.1, 0.15) is 33.6 Å². The van der Waals surface area contributed by atoms with Crippen LogP contribution in [0.3, 0.4) is 0 Å². The molecule has 33 heavy (non-hydrogen) atoms. The number of anilines is 3. The van der Waals surface area contributed by atoms with Gasteiger partial charge in [-0.05, 0) is 27.2 Å². The molecule has 0 radical (unpaired) electrons. The minimum Gasteiger partial charge on any atom is -0.480 e. The van der Waals surface area contributed by atoms with Crippen LogP contribution in [-0.2, 0) is 19.2 Å². The van der Waals surface area contributed by atoms with E-state index in [-0.39, 0.29) is 42.5 Å². The summed E-state index contributed by atoms with van der Waals surface area (Å²) >= 11 is 4.08. The number of carbonyl (C=O) groups excluding carboxylic acids is 2. The number of nitrogens with one attached hydrogen (secondary N) is 3. The van der Waals surface area contributed by atoms with Gasteiger partial charge in [0.1, 0.15) is 18.6 Å². The second-order valence-corrected chi connectivity index (χ2v) is 7.58. The van der Waals surface area contributed by atoms with Crippen LogP contribution in [0.5, 0.6) is 0 Å². The average molecular weight is 487 g/mol. The molecule has 0 aliphatic carbocycles. The number of thiol groups is 1. The highest BCUT2D eigenvalue weighted by Gasteiger charge is 2.30. The summed E-state index contributed by atoms with van der Waals surface area (Å²) in [6, 6.07) is -2.51. The van der Waals surface area contributed by atoms with Crippen LogP contribution in [-0.4, -0.2) is 85.9 Å². The van der Waals surface area contributed by atoms with Crippen molar-refractivity contribution in [3.05, 3.63) is 0 Å². The van der Waals surface area contributed by atoms with E-state index in [1.54, 1.807) is 0 Å². The van der Waals surface area contributed by atoms with Gasteiger partial charge in [-0.3, -0.25) is 24.1 Å². The van der Waals surface area contributed by atoms with Crippen LogP contribution in [0.2, 0.25) is 0 Å². The first-order valence-electron chi connectivity index (χ1n) is 10.2. The monoisotopic (exact) mass is 486 g/mol. The summed E-state index contributed by atoms with van der Waals surface area (Å²) < 4.78 is 0. The molecule has 0 aromatic carbocycles. The van der Waals surface area contributed by atoms with E-state index in [1.807, 2.05) is 20.8 Å². The van der Waals surface area contributed by atoms with Crippen LogP contribution in [0.4, 0.5) is 17.8 Å². The predicted octanol–water partition coefficient (Wildman–Crippen LogP) is -0.852. The van der Waals surface area contributed by atoms with Crippen molar-refractivity contribution in [2.45, 2.75) is 51.7 Å². The fourth-order valence-electron chi connectivity index (χ4n) is 2.48. The highest BCUT2D eigenvalue weighted by molar-refractivity contribution is 7.80. The van der Waals surface area contributed by atoms with Gasteiger partial charge in [0, 0.05) is 24.8 Å². The highest BCUT2D eigenvalue weighted by atomic mass is 32.1. The van der Waals surface area contributed by atoms with Crippen LogP contribution in [0.15, 0.2) is 0 Å². The number of amides is 2. The summed E-state index contributed by atoms with van der Waals surface area (Å²) in [5.74, 6) is -4.17. The number of rotatable bonds is 14. The van der Waals surface area contributed by atoms with Crippen molar-refractivity contribution in [1.29, 1.82) is 0 Å². The number of aromatic nitrogens is 3. The van der Waals surface area contributed by atoms with Gasteiger partial charge in [0.05, 0.1) is 0 Å². The van der Waals surface area contributed by atoms with Crippen molar-refractivity contribution in [1.82, 2.24) is 20.3 Å². The van der Waals surface area contributed by atoms with E-state index >= 15 is 0 Å². The zero-order chi connectivity index (χ0) is 25.1. The van der Waals surface area contributed by atoms with Gasteiger partial charge in [0.25, 0.3) is 5.91 Å². The molecule has 1 unspecified atom stereocenters. The molecule has 1 aromatic rings. The fourth-order valence-corrected chi connectivity index (χ4v) is 2.73. The maximum absolute atomic E-state index is 13.1. The molecular formula is C18H30N8O6S. The van der Waals surface area contributed by atoms with Crippen molar-refractivity contribution in [3.63, 3.8) is 0 Å². The molecule has 0 bridgehead atoms. The molecule has 0 saturated carbocycles. The lowest BCUT2D eigenvalue weighted by atomic mass is 10.1. The number of nitrogens with zero attached hydrogens (tertiary/aromatic N) is 4. The fraction of sp³-hybridized carbons (Fsp3) is 0.611. The van der Waals surface area contributed by atoms with Gasteiger partial charge in [-0.1, -0.05) is 0 Å². The quantitative estimate of drug-likeness (QED) is 0.160. The molecule has 0 fully saturated rings. The van der Waals surface area contributed by atoms with Crippen LogP contribution < -0.4 is 26.6 Å². The second-order valence-electron chi connectivity index (χ2n) is 7.22. The predicted molar refractivity (Wildman–Crippen MR) is 123 cm³/mol. The lowest BCUT2D eigenvalue weighted by Gasteiger charge is -2.25. The number of nitrogens with two attached hydrogens (primary N) is 1. The number of carboxylic acids is 2. The summed E-state index contributed by atoms with van der Waals surface area (Å²) in [5.41, 5.74) is 5.38. The van der Waals surface area contributed by atoms with E-state index in [9.17, 15) is 24.3 Å². The second kappa shape index (κ2) is 13.4. The van der Waals surface area contributed by atoms with E-state index in [1.165, 1.54) is 0 Å². The Hall–Kier alpha value is -3.20. The molecule has 1 rings (SSSR count). The third-order valence-corrected chi connectivity index (χ3v) is 4.36. The Morgan fingerprint density at radius 3 is 2.27 bits per heavy atom. The summed E-state index contributed by atoms with van der Waals surface area (Å²) in [6.07, 6.45) is -0.389. The van der Waals surface area contributed by atoms with Gasteiger partial charge in [0.2, 0.25) is 23.8 Å². The van der Waals surface area contributed by atoms with Crippen molar-refractivity contribution in [2.75, 3.05) is 34.4 Å². The van der Waals surface area contributed by atoms with Gasteiger partial charge in [-0.15, -0.1) is 0 Å². The average Bonchev–Trinajstić information content (AvgIpc) is 2.72. The molecule has 2 atom stereocenters. The van der Waals surface area contributed by atoms with Crippen molar-refractivity contribution >= 4 is 54.2 Å². The number of aliphatic carboxylic acids is 2. The smallest absolute Gasteiger partial charge is 0.323 e. The third kappa shape index (κ3) is 9.44. The summed E-state index contributed by atoms with van der Waals surface area (Å²) in [5, 5.41) is 26.4. The van der Waals surface area contributed by atoms with Gasteiger partial charge in [-0.25, -0.2) is 0 Å². The Kier molecular flexibility index (Phi) is 11.3. The lowest BCUT2D eigenvalue weighted by Crippen LogP contribution is -2.52. The third-order valence-electron chi connectivity index (χ3n) is 3.99. The molecule has 14 nitrogen and oxygen atoms in total. The maximum Gasteiger partial charge on any atom is 0.323 e. The Labute approximate surface area is 196 Å². The molecule has 0 aliphatic heterocycles. The zero-order valence-electron chi connectivity index (χ0n) is 18.6. The van der Waals surface area contributed by atoms with Crippen molar-refractivity contribution < 1.29 is 29.4 Å². The van der Waals surface area contributed by atoms with Gasteiger partial charge in [-0.2, -0.15) is 27.6 Å². The Balaban J connectivity index is 3.18. The lowest BCUT2D eigenvalue weighted by molar-refractivity contribution is -0.139. The van der Waals surface area contributed by atoms with Crippen LogP contribution in [0.25, 0.3) is 0 Å². The molecule has 1 aromatic heterocycles. The Morgan fingerprint density at radius 1 is 1.12 bits per heavy atom. The van der Waals surface area contributed by atoms with E-state index in [2.05, 4.69) is 43.5 Å². The number of hydrogen-bond donors (Lipinski definition) is 7. The van der Waals surface area contributed by atoms with E-state index in [4.69, 9.17) is 10.8 Å². The van der Waals surface area contributed by atoms with Gasteiger partial charge in [0.15, 0.2) is 0 Å². The molecule has 15 heteroatoms. The van der Waals surface area contributed by atoms with Crippen LogP contribution >= 0.6 is 12.6 Å². The zero-order valence-corrected chi connectivity index (χ0v) is 19.5. The Bertz CT molecular complexity index is 855. The molecular weight excluding hydrogens is 456 g/mol. The minimum atomic E-state index is -1.33. The minimum absolute atomic E-state index is 0.0556. The largest absolute Gasteiger partial charge is 0.480 e. The van der Waals surface area contributed by atoms with Crippen molar-refractivity contribution in [3.8, 4) is 0 Å². The van der Waals surface area contributed by atoms with E-state index in [0.717, 1.165) is 4.90 Å².